The van der Waals surface area contributed by atoms with Crippen molar-refractivity contribution in [2.45, 2.75) is 12.8 Å². The van der Waals surface area contributed by atoms with E-state index in [0.29, 0.717) is 16.5 Å². The summed E-state index contributed by atoms with van der Waals surface area (Å²) in [6.07, 6.45) is 3.85. The molecule has 112 valence electrons. The van der Waals surface area contributed by atoms with Gasteiger partial charge in [0.1, 0.15) is 0 Å². The Labute approximate surface area is 129 Å². The summed E-state index contributed by atoms with van der Waals surface area (Å²) in [5.74, 6) is 1.52. The van der Waals surface area contributed by atoms with Gasteiger partial charge in [-0.25, -0.2) is 0 Å². The Hall–Kier alpha value is -1.68. The number of allylic oxidation sites excluding steroid dienone is 1. The molecule has 2 bridgehead atoms. The highest BCUT2D eigenvalue weighted by Crippen LogP contribution is 2.38. The number of Topliss-reactive ketones (excluding diaryl/α,β-unsaturated/α-hetero) is 1. The van der Waals surface area contributed by atoms with E-state index in [-0.39, 0.29) is 11.7 Å². The minimum Gasteiger partial charge on any atom is -0.493 e. The maximum atomic E-state index is 12.4. The Kier molecular flexibility index (Phi) is 3.81. The molecule has 0 N–H and O–H groups in total. The highest BCUT2D eigenvalue weighted by Gasteiger charge is 2.36. The predicted octanol–water partition coefficient (Wildman–Crippen LogP) is 2.99. The molecule has 3 saturated heterocycles. The van der Waals surface area contributed by atoms with Crippen LogP contribution in [0.25, 0.3) is 6.08 Å². The Balaban J connectivity index is 1.99. The summed E-state index contributed by atoms with van der Waals surface area (Å²) in [6, 6.07) is 3.64. The molecule has 0 unspecified atom stereocenters. The smallest absolute Gasteiger partial charge is 0.182 e. The molecule has 1 aromatic rings. The van der Waals surface area contributed by atoms with Crippen molar-refractivity contribution in [3.05, 3.63) is 28.4 Å². The zero-order valence-electron chi connectivity index (χ0n) is 12.2. The average Bonchev–Trinajstić information content (AvgIpc) is 2.50. The SMILES string of the molecule is COc1cc(/C=C2/C(=O)C3CCN2CC3)cc(Cl)c1OC. The van der Waals surface area contributed by atoms with Crippen molar-refractivity contribution in [2.24, 2.45) is 5.92 Å². The summed E-state index contributed by atoms with van der Waals surface area (Å²) >= 11 is 6.21. The van der Waals surface area contributed by atoms with Crippen LogP contribution in [0.5, 0.6) is 11.5 Å². The van der Waals surface area contributed by atoms with E-state index in [4.69, 9.17) is 21.1 Å². The normalized spacial score (nSPS) is 20.2. The molecule has 4 nitrogen and oxygen atoms in total. The standard InChI is InChI=1S/C16H18ClNO3/c1-20-14-9-10(7-12(17)16(14)21-2)8-13-15(19)11-3-5-18(13)6-4-11/h7-9,11H,3-6H2,1-2H3/b13-8-. The second-order valence-corrected chi connectivity index (χ2v) is 5.80. The molecule has 5 heteroatoms. The van der Waals surface area contributed by atoms with Gasteiger partial charge in [-0.15, -0.1) is 0 Å². The van der Waals surface area contributed by atoms with E-state index >= 15 is 0 Å². The minimum absolute atomic E-state index is 0.192. The first-order chi connectivity index (χ1) is 10.1. The predicted molar refractivity (Wildman–Crippen MR) is 81.8 cm³/mol. The molecule has 0 atom stereocenters. The minimum atomic E-state index is 0.192. The first-order valence-corrected chi connectivity index (χ1v) is 7.44. The number of nitrogens with zero attached hydrogens (tertiary/aromatic N) is 1. The zero-order valence-corrected chi connectivity index (χ0v) is 12.9. The van der Waals surface area contributed by atoms with Crippen LogP contribution in [0.15, 0.2) is 17.8 Å². The Morgan fingerprint density at radius 1 is 1.24 bits per heavy atom. The molecular formula is C16H18ClNO3. The van der Waals surface area contributed by atoms with Crippen molar-refractivity contribution >= 4 is 23.5 Å². The second-order valence-electron chi connectivity index (χ2n) is 5.39. The van der Waals surface area contributed by atoms with Gasteiger partial charge in [-0.2, -0.15) is 0 Å². The summed E-state index contributed by atoms with van der Waals surface area (Å²) in [6.45, 7) is 1.92. The number of ketones is 1. The van der Waals surface area contributed by atoms with Gasteiger partial charge in [0.2, 0.25) is 0 Å². The van der Waals surface area contributed by atoms with E-state index in [9.17, 15) is 4.79 Å². The number of ether oxygens (including phenoxy) is 2. The van der Waals surface area contributed by atoms with E-state index in [0.717, 1.165) is 37.2 Å². The molecule has 0 amide bonds. The Morgan fingerprint density at radius 3 is 2.52 bits per heavy atom. The van der Waals surface area contributed by atoms with Gasteiger partial charge in [0, 0.05) is 19.0 Å². The highest BCUT2D eigenvalue weighted by atomic mass is 35.5. The average molecular weight is 308 g/mol. The van der Waals surface area contributed by atoms with E-state index in [1.54, 1.807) is 20.3 Å². The number of benzene rings is 1. The molecule has 0 saturated carbocycles. The van der Waals surface area contributed by atoms with Crippen LogP contribution in [-0.4, -0.2) is 38.0 Å². The molecule has 3 aliphatic heterocycles. The first-order valence-electron chi connectivity index (χ1n) is 7.06. The molecule has 3 heterocycles. The number of fused-ring (bicyclic) bond motifs is 3. The quantitative estimate of drug-likeness (QED) is 0.805. The summed E-state index contributed by atoms with van der Waals surface area (Å²) in [5.41, 5.74) is 1.65. The van der Waals surface area contributed by atoms with E-state index in [2.05, 4.69) is 4.90 Å². The van der Waals surface area contributed by atoms with Crippen molar-refractivity contribution in [3.8, 4) is 11.5 Å². The van der Waals surface area contributed by atoms with E-state index < -0.39 is 0 Å². The number of methoxy groups -OCH3 is 2. The number of rotatable bonds is 3. The molecule has 0 spiro atoms. The summed E-state index contributed by atoms with van der Waals surface area (Å²) < 4.78 is 10.5. The van der Waals surface area contributed by atoms with Gasteiger partial charge in [-0.3, -0.25) is 4.79 Å². The monoisotopic (exact) mass is 307 g/mol. The van der Waals surface area contributed by atoms with Gasteiger partial charge in [0.15, 0.2) is 17.3 Å². The van der Waals surface area contributed by atoms with Gasteiger partial charge >= 0.3 is 0 Å². The van der Waals surface area contributed by atoms with Crippen molar-refractivity contribution in [2.75, 3.05) is 27.3 Å². The Bertz CT molecular complexity index is 604. The third-order valence-electron chi connectivity index (χ3n) is 4.22. The zero-order chi connectivity index (χ0) is 15.0. The molecule has 0 aliphatic carbocycles. The van der Waals surface area contributed by atoms with Gasteiger partial charge in [-0.1, -0.05) is 11.6 Å². The molecule has 3 aliphatic rings. The van der Waals surface area contributed by atoms with Gasteiger partial charge in [0.25, 0.3) is 0 Å². The van der Waals surface area contributed by atoms with Crippen LogP contribution in [0, 0.1) is 5.92 Å². The largest absolute Gasteiger partial charge is 0.493 e. The van der Waals surface area contributed by atoms with Crippen LogP contribution in [-0.2, 0) is 4.79 Å². The van der Waals surface area contributed by atoms with Crippen LogP contribution in [0.1, 0.15) is 18.4 Å². The molecule has 3 fully saturated rings. The fraction of sp³-hybridized carbons (Fsp3) is 0.438. The second kappa shape index (κ2) is 5.60. The van der Waals surface area contributed by atoms with Crippen molar-refractivity contribution < 1.29 is 14.3 Å². The number of carbonyl (C=O) groups excluding carboxylic acids is 1. The molecule has 4 rings (SSSR count). The molecule has 1 aromatic carbocycles. The fourth-order valence-corrected chi connectivity index (χ4v) is 3.39. The lowest BCUT2D eigenvalue weighted by atomic mass is 9.84. The van der Waals surface area contributed by atoms with Crippen LogP contribution < -0.4 is 9.47 Å². The summed E-state index contributed by atoms with van der Waals surface area (Å²) in [7, 11) is 3.12. The number of hydrogen-bond donors (Lipinski definition) is 0. The first kappa shape index (κ1) is 14.3. The number of piperidine rings is 3. The van der Waals surface area contributed by atoms with E-state index in [1.807, 2.05) is 12.1 Å². The van der Waals surface area contributed by atoms with Gasteiger partial charge in [0.05, 0.1) is 24.9 Å². The van der Waals surface area contributed by atoms with E-state index in [1.165, 1.54) is 0 Å². The fourth-order valence-electron chi connectivity index (χ4n) is 3.09. The van der Waals surface area contributed by atoms with Crippen LogP contribution in [0.3, 0.4) is 0 Å². The molecule has 0 radical (unpaired) electrons. The molecular weight excluding hydrogens is 290 g/mol. The van der Waals surface area contributed by atoms with Crippen molar-refractivity contribution in [3.63, 3.8) is 0 Å². The maximum Gasteiger partial charge on any atom is 0.182 e. The maximum absolute atomic E-state index is 12.4. The number of halogens is 1. The van der Waals surface area contributed by atoms with Crippen molar-refractivity contribution in [1.29, 1.82) is 0 Å². The summed E-state index contributed by atoms with van der Waals surface area (Å²) in [4.78, 5) is 14.5. The third-order valence-corrected chi connectivity index (χ3v) is 4.50. The van der Waals surface area contributed by atoms with Gasteiger partial charge < -0.3 is 14.4 Å². The highest BCUT2D eigenvalue weighted by molar-refractivity contribution is 6.32. The van der Waals surface area contributed by atoms with Crippen LogP contribution in [0.4, 0.5) is 0 Å². The van der Waals surface area contributed by atoms with Crippen molar-refractivity contribution in [1.82, 2.24) is 4.90 Å². The third kappa shape index (κ3) is 2.48. The molecule has 21 heavy (non-hydrogen) atoms. The Morgan fingerprint density at radius 2 is 1.95 bits per heavy atom. The summed E-state index contributed by atoms with van der Waals surface area (Å²) in [5, 5.41) is 0.479. The van der Waals surface area contributed by atoms with Gasteiger partial charge in [-0.05, 0) is 36.6 Å². The lowest BCUT2D eigenvalue weighted by Gasteiger charge is -2.41. The molecule has 0 aromatic heterocycles. The topological polar surface area (TPSA) is 38.8 Å². The number of hydrogen-bond acceptors (Lipinski definition) is 4. The van der Waals surface area contributed by atoms with Crippen LogP contribution >= 0.6 is 11.6 Å². The van der Waals surface area contributed by atoms with Crippen LogP contribution in [0.2, 0.25) is 5.02 Å². The lowest BCUT2D eigenvalue weighted by molar-refractivity contribution is -0.125. The number of carbonyl (C=O) groups is 1. The lowest BCUT2D eigenvalue weighted by Crippen LogP contribution is -2.45.